The van der Waals surface area contributed by atoms with Crippen LogP contribution >= 0.6 is 22.9 Å². The van der Waals surface area contributed by atoms with Crippen molar-refractivity contribution in [1.82, 2.24) is 14.5 Å². The Morgan fingerprint density at radius 1 is 1.25 bits per heavy atom. The van der Waals surface area contributed by atoms with Crippen LogP contribution in [0.1, 0.15) is 17.0 Å². The zero-order chi connectivity index (χ0) is 19.7. The van der Waals surface area contributed by atoms with E-state index in [1.54, 1.807) is 47.8 Å². The predicted molar refractivity (Wildman–Crippen MR) is 110 cm³/mol. The van der Waals surface area contributed by atoms with Crippen molar-refractivity contribution in [2.45, 2.75) is 0 Å². The molecule has 0 saturated carbocycles. The Morgan fingerprint density at radius 2 is 2.07 bits per heavy atom. The third kappa shape index (κ3) is 3.05. The van der Waals surface area contributed by atoms with Crippen LogP contribution in [-0.4, -0.2) is 19.6 Å². The number of hydrogen-bond donors (Lipinski definition) is 1. The molecule has 0 aliphatic carbocycles. The Morgan fingerprint density at radius 3 is 2.86 bits per heavy atom. The molecule has 0 atom stereocenters. The zero-order valence-electron chi connectivity index (χ0n) is 14.2. The number of thiophene rings is 1. The highest BCUT2D eigenvalue weighted by atomic mass is 35.5. The lowest BCUT2D eigenvalue weighted by Gasteiger charge is -2.11. The maximum absolute atomic E-state index is 13.1. The van der Waals surface area contributed by atoms with Crippen LogP contribution in [0.15, 0.2) is 58.8 Å². The molecule has 6 nitrogen and oxygen atoms in total. The second kappa shape index (κ2) is 7.27. The number of aliphatic hydroxyl groups is 1. The molecule has 0 bridgehead atoms. The first kappa shape index (κ1) is 17.9. The van der Waals surface area contributed by atoms with Gasteiger partial charge < -0.3 is 5.11 Å². The quantitative estimate of drug-likeness (QED) is 0.401. The summed E-state index contributed by atoms with van der Waals surface area (Å²) < 4.78 is 1.77. The molecule has 0 aliphatic rings. The first-order chi connectivity index (χ1) is 13.6. The van der Waals surface area contributed by atoms with Gasteiger partial charge in [-0.3, -0.25) is 9.36 Å². The Kier molecular flexibility index (Phi) is 4.65. The van der Waals surface area contributed by atoms with Crippen molar-refractivity contribution in [3.63, 3.8) is 0 Å². The minimum absolute atomic E-state index is 0.133. The maximum atomic E-state index is 13.1. The highest BCUT2D eigenvalue weighted by Crippen LogP contribution is 2.24. The Labute approximate surface area is 168 Å². The number of fused-ring (bicyclic) bond motifs is 1. The summed E-state index contributed by atoms with van der Waals surface area (Å²) >= 11 is 7.48. The van der Waals surface area contributed by atoms with Crippen LogP contribution in [0.2, 0.25) is 5.15 Å². The number of nitrogens with zero attached hydrogens (tertiary/aromatic N) is 4. The van der Waals surface area contributed by atoms with Gasteiger partial charge in [0.15, 0.2) is 5.15 Å². The third-order valence-electron chi connectivity index (χ3n) is 4.08. The van der Waals surface area contributed by atoms with Crippen molar-refractivity contribution in [3.05, 3.63) is 86.5 Å². The monoisotopic (exact) mass is 406 g/mol. The molecule has 0 saturated heterocycles. The van der Waals surface area contributed by atoms with Gasteiger partial charge in [0, 0.05) is 17.8 Å². The fourth-order valence-electron chi connectivity index (χ4n) is 2.81. The number of pyridine rings is 1. The minimum Gasteiger partial charge on any atom is -0.507 e. The van der Waals surface area contributed by atoms with Crippen LogP contribution in [0.4, 0.5) is 0 Å². The zero-order valence-corrected chi connectivity index (χ0v) is 15.8. The van der Waals surface area contributed by atoms with Crippen molar-refractivity contribution in [2.75, 3.05) is 0 Å². The molecule has 136 valence electrons. The van der Waals surface area contributed by atoms with Crippen LogP contribution in [0.3, 0.4) is 0 Å². The summed E-state index contributed by atoms with van der Waals surface area (Å²) in [6, 6.07) is 13.7. The number of rotatable bonds is 3. The van der Waals surface area contributed by atoms with Crippen LogP contribution in [0, 0.1) is 11.3 Å². The smallest absolute Gasteiger partial charge is 0.276 e. The summed E-state index contributed by atoms with van der Waals surface area (Å²) in [4.78, 5) is 21.6. The molecule has 0 aliphatic heterocycles. The van der Waals surface area contributed by atoms with Gasteiger partial charge in [0.05, 0.1) is 22.8 Å². The van der Waals surface area contributed by atoms with Crippen LogP contribution in [-0.2, 0) is 0 Å². The normalized spacial score (nSPS) is 11.5. The Balaban J connectivity index is 2.02. The Bertz CT molecular complexity index is 1330. The van der Waals surface area contributed by atoms with E-state index in [1.807, 2.05) is 6.07 Å². The Hall–Kier alpha value is -3.47. The van der Waals surface area contributed by atoms with Crippen molar-refractivity contribution < 1.29 is 5.11 Å². The number of hydrogen-bond acceptors (Lipinski definition) is 6. The van der Waals surface area contributed by atoms with Crippen molar-refractivity contribution in [3.8, 4) is 11.8 Å². The molecule has 3 aromatic heterocycles. The molecule has 28 heavy (non-hydrogen) atoms. The first-order valence-corrected chi connectivity index (χ1v) is 9.37. The molecule has 4 rings (SSSR count). The van der Waals surface area contributed by atoms with Gasteiger partial charge in [0.1, 0.15) is 16.3 Å². The molecular formula is C20H11ClN4O2S. The summed E-state index contributed by atoms with van der Waals surface area (Å²) in [5.74, 6) is -0.0107. The molecule has 8 heteroatoms. The highest BCUT2D eigenvalue weighted by Gasteiger charge is 2.16. The van der Waals surface area contributed by atoms with E-state index in [9.17, 15) is 15.2 Å². The largest absolute Gasteiger partial charge is 0.507 e. The van der Waals surface area contributed by atoms with Crippen molar-refractivity contribution in [2.24, 2.45) is 0 Å². The van der Waals surface area contributed by atoms with Gasteiger partial charge in [-0.05, 0) is 35.7 Å². The molecule has 0 spiro atoms. The number of aromatic nitrogens is 3. The SMILES string of the molecule is N#Cc1ccccc1C(O)=Cc1nc2ccsc2c(=O)n1-c1cccnc1Cl. The standard InChI is InChI=1S/C20H11ClN4O2S/c21-19-15(6-3-8-23-19)25-17(24-14-7-9-28-18(14)20(25)27)10-16(26)13-5-2-1-4-12(13)11-22/h1-10,26H. The van der Waals surface area contributed by atoms with Gasteiger partial charge in [0.25, 0.3) is 5.56 Å². The average molecular weight is 407 g/mol. The van der Waals surface area contributed by atoms with Crippen molar-refractivity contribution in [1.29, 1.82) is 5.26 Å². The number of benzene rings is 1. The van der Waals surface area contributed by atoms with Crippen LogP contribution < -0.4 is 5.56 Å². The highest BCUT2D eigenvalue weighted by molar-refractivity contribution is 7.17. The van der Waals surface area contributed by atoms with Gasteiger partial charge in [-0.2, -0.15) is 5.26 Å². The number of aliphatic hydroxyl groups excluding tert-OH is 1. The lowest BCUT2D eigenvalue weighted by atomic mass is 10.1. The van der Waals surface area contributed by atoms with E-state index < -0.39 is 0 Å². The number of halogens is 1. The van der Waals surface area contributed by atoms with E-state index in [2.05, 4.69) is 9.97 Å². The molecule has 1 aromatic carbocycles. The van der Waals surface area contributed by atoms with E-state index in [1.165, 1.54) is 28.2 Å². The molecule has 0 unspecified atom stereocenters. The molecule has 4 aromatic rings. The summed E-state index contributed by atoms with van der Waals surface area (Å²) in [5, 5.41) is 21.8. The van der Waals surface area contributed by atoms with Crippen LogP contribution in [0.25, 0.3) is 27.7 Å². The lowest BCUT2D eigenvalue weighted by Crippen LogP contribution is -2.22. The van der Waals surface area contributed by atoms with E-state index >= 15 is 0 Å². The van der Waals surface area contributed by atoms with E-state index in [0.717, 1.165) is 0 Å². The predicted octanol–water partition coefficient (Wildman–Crippen LogP) is 4.42. The maximum Gasteiger partial charge on any atom is 0.276 e. The van der Waals surface area contributed by atoms with E-state index in [-0.39, 0.29) is 22.3 Å². The summed E-state index contributed by atoms with van der Waals surface area (Å²) in [7, 11) is 0. The van der Waals surface area contributed by atoms with E-state index in [0.29, 0.717) is 27.0 Å². The van der Waals surface area contributed by atoms with E-state index in [4.69, 9.17) is 11.6 Å². The van der Waals surface area contributed by atoms with Gasteiger partial charge in [-0.25, -0.2) is 9.97 Å². The molecule has 3 heterocycles. The summed E-state index contributed by atoms with van der Waals surface area (Å²) in [5.41, 5.74) is 1.20. The third-order valence-corrected chi connectivity index (χ3v) is 5.26. The molecule has 0 amide bonds. The average Bonchev–Trinajstić information content (AvgIpc) is 3.18. The fourth-order valence-corrected chi connectivity index (χ4v) is 3.77. The molecular weight excluding hydrogens is 396 g/mol. The van der Waals surface area contributed by atoms with Crippen molar-refractivity contribution >= 4 is 45.0 Å². The first-order valence-electron chi connectivity index (χ1n) is 8.11. The lowest BCUT2D eigenvalue weighted by molar-refractivity contribution is 0.515. The minimum atomic E-state index is -0.317. The van der Waals surface area contributed by atoms with Gasteiger partial charge in [-0.15, -0.1) is 11.3 Å². The van der Waals surface area contributed by atoms with Gasteiger partial charge in [0.2, 0.25) is 0 Å². The summed E-state index contributed by atoms with van der Waals surface area (Å²) in [6.07, 6.45) is 2.86. The van der Waals surface area contributed by atoms with Gasteiger partial charge in [-0.1, -0.05) is 23.7 Å². The summed E-state index contributed by atoms with van der Waals surface area (Å²) in [6.45, 7) is 0. The van der Waals surface area contributed by atoms with Gasteiger partial charge >= 0.3 is 0 Å². The second-order valence-electron chi connectivity index (χ2n) is 5.75. The fraction of sp³-hybridized carbons (Fsp3) is 0. The number of nitriles is 1. The van der Waals surface area contributed by atoms with Crippen LogP contribution in [0.5, 0.6) is 0 Å². The molecule has 1 N–H and O–H groups in total. The molecule has 0 radical (unpaired) electrons. The second-order valence-corrected chi connectivity index (χ2v) is 7.02. The topological polar surface area (TPSA) is 91.8 Å². The molecule has 0 fully saturated rings.